The number of amides is 1. The molecule has 0 aromatic carbocycles. The maximum atomic E-state index is 12.7. The van der Waals surface area contributed by atoms with E-state index in [1.54, 1.807) is 17.9 Å². The van der Waals surface area contributed by atoms with Crippen LogP contribution in [0.4, 0.5) is 19.0 Å². The summed E-state index contributed by atoms with van der Waals surface area (Å²) in [5.41, 5.74) is -0.522. The smallest absolute Gasteiger partial charge is 0.405 e. The fraction of sp³-hybridized carbons (Fsp3) is 0.333. The second-order valence-electron chi connectivity index (χ2n) is 7.20. The van der Waals surface area contributed by atoms with Crippen LogP contribution in [0.1, 0.15) is 15.9 Å². The minimum Gasteiger partial charge on any atom is -0.477 e. The highest BCUT2D eigenvalue weighted by Gasteiger charge is 2.36. The van der Waals surface area contributed by atoms with Crippen LogP contribution in [0.25, 0.3) is 16.2 Å². The maximum Gasteiger partial charge on any atom is 0.405 e. The molecule has 0 spiro atoms. The Labute approximate surface area is 181 Å². The Morgan fingerprint density at radius 2 is 2.06 bits per heavy atom. The predicted octanol–water partition coefficient (Wildman–Crippen LogP) is 1.36. The fourth-order valence-corrected chi connectivity index (χ4v) is 3.88. The number of pyridine rings is 2. The van der Waals surface area contributed by atoms with Crippen LogP contribution >= 0.6 is 11.5 Å². The molecule has 4 heterocycles. The van der Waals surface area contributed by atoms with E-state index < -0.39 is 41.5 Å². The summed E-state index contributed by atoms with van der Waals surface area (Å²) in [4.78, 5) is 46.4. The van der Waals surface area contributed by atoms with Gasteiger partial charge in [-0.25, -0.2) is 14.8 Å². The number of rotatable bonds is 5. The first-order chi connectivity index (χ1) is 15.0. The number of fused-ring (bicyclic) bond motifs is 1. The number of alkyl halides is 3. The lowest BCUT2D eigenvalue weighted by Gasteiger charge is -2.39. The van der Waals surface area contributed by atoms with E-state index in [1.807, 2.05) is 5.32 Å². The molecule has 1 aliphatic rings. The standard InChI is InChI=1S/C18H15F3N6O4S/c1-8-2-11(26-3-9(4-26)15(29)22-6-18(19,20)21)25-14-12(8)13(28)10(16(30)31)5-27(14)17-23-7-24-32-17/h2,5,7,9H,3-4,6H2,1H3,(H,22,29)(H,30,31). The van der Waals surface area contributed by atoms with Crippen LogP contribution in [0.2, 0.25) is 0 Å². The van der Waals surface area contributed by atoms with Gasteiger partial charge in [0.2, 0.25) is 16.5 Å². The van der Waals surface area contributed by atoms with E-state index in [-0.39, 0.29) is 24.1 Å². The summed E-state index contributed by atoms with van der Waals surface area (Å²) in [5.74, 6) is -2.33. The molecule has 0 saturated carbocycles. The van der Waals surface area contributed by atoms with Gasteiger partial charge in [0.25, 0.3) is 0 Å². The molecule has 1 saturated heterocycles. The highest BCUT2D eigenvalue weighted by molar-refractivity contribution is 7.08. The first kappa shape index (κ1) is 21.7. The van der Waals surface area contributed by atoms with Crippen LogP contribution in [0.5, 0.6) is 0 Å². The molecule has 2 N–H and O–H groups in total. The SMILES string of the molecule is Cc1cc(N2CC(C(=O)NCC(F)(F)F)C2)nc2c1c(=O)c(C(=O)O)cn2-c1ncns1. The molecule has 168 valence electrons. The lowest BCUT2D eigenvalue weighted by Crippen LogP contribution is -2.55. The van der Waals surface area contributed by atoms with Crippen molar-refractivity contribution in [3.05, 3.63) is 39.9 Å². The van der Waals surface area contributed by atoms with Crippen molar-refractivity contribution >= 4 is 40.3 Å². The number of nitrogens with one attached hydrogen (secondary N) is 1. The van der Waals surface area contributed by atoms with Crippen molar-refractivity contribution < 1.29 is 27.9 Å². The number of halogens is 3. The fourth-order valence-electron chi connectivity index (χ4n) is 3.37. The van der Waals surface area contributed by atoms with E-state index in [4.69, 9.17) is 0 Å². The lowest BCUT2D eigenvalue weighted by atomic mass is 9.98. The zero-order valence-electron chi connectivity index (χ0n) is 16.4. The number of carboxylic acid groups (broad SMARTS) is 1. The number of aromatic carboxylic acids is 1. The van der Waals surface area contributed by atoms with Gasteiger partial charge < -0.3 is 15.3 Å². The zero-order valence-corrected chi connectivity index (χ0v) is 17.2. The number of carbonyl (C=O) groups excluding carboxylic acids is 1. The Morgan fingerprint density at radius 3 is 2.66 bits per heavy atom. The molecule has 0 aliphatic carbocycles. The number of aryl methyl sites for hydroxylation is 1. The third-order valence-electron chi connectivity index (χ3n) is 4.97. The van der Waals surface area contributed by atoms with Crippen LogP contribution in [0, 0.1) is 12.8 Å². The zero-order chi connectivity index (χ0) is 23.2. The van der Waals surface area contributed by atoms with Gasteiger partial charge in [-0.3, -0.25) is 14.2 Å². The molecule has 1 fully saturated rings. The topological polar surface area (TPSA) is 130 Å². The first-order valence-corrected chi connectivity index (χ1v) is 9.99. The van der Waals surface area contributed by atoms with Gasteiger partial charge in [-0.15, -0.1) is 0 Å². The molecule has 0 atom stereocenters. The number of hydrogen-bond donors (Lipinski definition) is 2. The van der Waals surface area contributed by atoms with Crippen molar-refractivity contribution in [2.75, 3.05) is 24.5 Å². The van der Waals surface area contributed by atoms with Crippen molar-refractivity contribution in [3.63, 3.8) is 0 Å². The van der Waals surface area contributed by atoms with Gasteiger partial charge in [-0.1, -0.05) is 0 Å². The van der Waals surface area contributed by atoms with Crippen LogP contribution < -0.4 is 15.6 Å². The lowest BCUT2D eigenvalue weighted by molar-refractivity contribution is -0.141. The Morgan fingerprint density at radius 1 is 1.34 bits per heavy atom. The summed E-state index contributed by atoms with van der Waals surface area (Å²) in [7, 11) is 0. The van der Waals surface area contributed by atoms with E-state index >= 15 is 0 Å². The molecule has 3 aromatic rings. The largest absolute Gasteiger partial charge is 0.477 e. The molecular formula is C18H15F3N6O4S. The van der Waals surface area contributed by atoms with Gasteiger partial charge in [-0.05, 0) is 18.6 Å². The minimum absolute atomic E-state index is 0.101. The quantitative estimate of drug-likeness (QED) is 0.574. The summed E-state index contributed by atoms with van der Waals surface area (Å²) in [6.45, 7) is 0.532. The average Bonchev–Trinajstić information content (AvgIpc) is 3.19. The molecule has 1 aliphatic heterocycles. The number of hydrogen-bond acceptors (Lipinski definition) is 8. The van der Waals surface area contributed by atoms with Crippen LogP contribution in [-0.2, 0) is 4.79 Å². The molecule has 3 aromatic heterocycles. The predicted molar refractivity (Wildman–Crippen MR) is 107 cm³/mol. The van der Waals surface area contributed by atoms with Crippen molar-refractivity contribution in [1.82, 2.24) is 24.2 Å². The Bertz CT molecular complexity index is 1270. The van der Waals surface area contributed by atoms with E-state index in [0.717, 1.165) is 17.7 Å². The average molecular weight is 468 g/mol. The Balaban J connectivity index is 1.68. The van der Waals surface area contributed by atoms with Crippen LogP contribution in [0.3, 0.4) is 0 Å². The summed E-state index contributed by atoms with van der Waals surface area (Å²) in [6.07, 6.45) is -2.08. The third-order valence-corrected chi connectivity index (χ3v) is 5.63. The Hall–Kier alpha value is -3.55. The van der Waals surface area contributed by atoms with Gasteiger partial charge in [0.15, 0.2) is 5.65 Å². The van der Waals surface area contributed by atoms with Gasteiger partial charge in [-0.2, -0.15) is 17.5 Å². The third kappa shape index (κ3) is 4.00. The van der Waals surface area contributed by atoms with Gasteiger partial charge in [0.1, 0.15) is 24.3 Å². The van der Waals surface area contributed by atoms with Crippen molar-refractivity contribution in [2.45, 2.75) is 13.1 Å². The van der Waals surface area contributed by atoms with E-state index in [0.29, 0.717) is 16.5 Å². The molecule has 0 unspecified atom stereocenters. The van der Waals surface area contributed by atoms with Gasteiger partial charge in [0, 0.05) is 30.8 Å². The number of carbonyl (C=O) groups is 2. The molecule has 14 heteroatoms. The number of aromatic nitrogens is 4. The maximum absolute atomic E-state index is 12.7. The molecule has 32 heavy (non-hydrogen) atoms. The number of carboxylic acids is 1. The summed E-state index contributed by atoms with van der Waals surface area (Å²) in [5, 5.41) is 11.7. The van der Waals surface area contributed by atoms with Gasteiger partial charge in [0.05, 0.1) is 11.3 Å². The van der Waals surface area contributed by atoms with Crippen molar-refractivity contribution in [3.8, 4) is 5.13 Å². The molecule has 0 bridgehead atoms. The highest BCUT2D eigenvalue weighted by atomic mass is 32.1. The minimum atomic E-state index is -4.49. The normalized spacial score (nSPS) is 14.4. The van der Waals surface area contributed by atoms with Crippen LogP contribution in [-0.4, -0.2) is 61.7 Å². The molecule has 1 amide bonds. The summed E-state index contributed by atoms with van der Waals surface area (Å²) < 4.78 is 42.1. The van der Waals surface area contributed by atoms with E-state index in [9.17, 15) is 32.7 Å². The second-order valence-corrected chi connectivity index (χ2v) is 7.96. The molecule has 4 rings (SSSR count). The number of nitrogens with zero attached hydrogens (tertiary/aromatic N) is 5. The molecular weight excluding hydrogens is 453 g/mol. The number of anilines is 1. The van der Waals surface area contributed by atoms with E-state index in [1.165, 1.54) is 10.9 Å². The molecule has 0 radical (unpaired) electrons. The van der Waals surface area contributed by atoms with Crippen molar-refractivity contribution in [2.24, 2.45) is 5.92 Å². The van der Waals surface area contributed by atoms with E-state index in [2.05, 4.69) is 14.3 Å². The van der Waals surface area contributed by atoms with Crippen molar-refractivity contribution in [1.29, 1.82) is 0 Å². The molecule has 10 nitrogen and oxygen atoms in total. The second kappa shape index (κ2) is 7.85. The summed E-state index contributed by atoms with van der Waals surface area (Å²) in [6, 6.07) is 1.57. The monoisotopic (exact) mass is 468 g/mol. The Kier molecular flexibility index (Phi) is 5.32. The summed E-state index contributed by atoms with van der Waals surface area (Å²) >= 11 is 0.977. The van der Waals surface area contributed by atoms with Crippen LogP contribution in [0.15, 0.2) is 23.4 Å². The highest BCUT2D eigenvalue weighted by Crippen LogP contribution is 2.28. The van der Waals surface area contributed by atoms with Gasteiger partial charge >= 0.3 is 12.1 Å². The first-order valence-electron chi connectivity index (χ1n) is 9.22.